The van der Waals surface area contributed by atoms with E-state index in [-0.39, 0.29) is 12.4 Å². The van der Waals surface area contributed by atoms with Crippen LogP contribution in [-0.4, -0.2) is 37.0 Å². The average molecular weight is 544 g/mol. The quantitative estimate of drug-likeness (QED) is 0.310. The van der Waals surface area contributed by atoms with Crippen LogP contribution in [0.5, 0.6) is 0 Å². The van der Waals surface area contributed by atoms with Crippen LogP contribution < -0.4 is 0 Å². The molecule has 0 fully saturated rings. The predicted octanol–water partition coefficient (Wildman–Crippen LogP) is 8.38. The van der Waals surface area contributed by atoms with Crippen LogP contribution in [-0.2, 0) is 9.53 Å². The van der Waals surface area contributed by atoms with E-state index >= 15 is 0 Å². The van der Waals surface area contributed by atoms with Gasteiger partial charge >= 0.3 is 5.97 Å². The van der Waals surface area contributed by atoms with Gasteiger partial charge in [0.25, 0.3) is 0 Å². The average Bonchev–Trinajstić information content (AvgIpc) is 3.40. The Hall–Kier alpha value is -2.87. The van der Waals surface area contributed by atoms with Crippen molar-refractivity contribution in [3.63, 3.8) is 0 Å². The number of fused-ring (bicyclic) bond motifs is 3. The second kappa shape index (κ2) is 16.9. The van der Waals surface area contributed by atoms with Crippen LogP contribution in [0.25, 0.3) is 5.00 Å². The fourth-order valence-electron chi connectivity index (χ4n) is 3.57. The fraction of sp³-hybridized carbons (Fsp3) is 0.567. The lowest BCUT2D eigenvalue weighted by Gasteiger charge is -2.21. The summed E-state index contributed by atoms with van der Waals surface area (Å²) in [6.45, 7) is 27.7. The SMILES string of the molecule is CC.CC.CC.CC.Cc1sc2c(c1C)C(c1cccnc1)=NC(CC(=O)OC(C)(C)C)c1nnc(C)n1-2. The van der Waals surface area contributed by atoms with Crippen LogP contribution in [0.4, 0.5) is 0 Å². The van der Waals surface area contributed by atoms with Crippen LogP contribution in [0, 0.1) is 20.8 Å². The number of aryl methyl sites for hydroxylation is 2. The molecule has 1 aliphatic heterocycles. The minimum Gasteiger partial charge on any atom is -0.460 e. The summed E-state index contributed by atoms with van der Waals surface area (Å²) >= 11 is 1.69. The van der Waals surface area contributed by atoms with Crippen molar-refractivity contribution in [1.29, 1.82) is 0 Å². The Balaban J connectivity index is 0.00000157. The molecule has 4 rings (SSSR count). The Labute approximate surface area is 234 Å². The van der Waals surface area contributed by atoms with Crippen molar-refractivity contribution in [3.05, 3.63) is 57.7 Å². The number of ether oxygens (including phenoxy) is 1. The minimum atomic E-state index is -0.562. The van der Waals surface area contributed by atoms with Gasteiger partial charge in [-0.15, -0.1) is 21.5 Å². The summed E-state index contributed by atoms with van der Waals surface area (Å²) in [6, 6.07) is 3.38. The monoisotopic (exact) mass is 543 g/mol. The third-order valence-corrected chi connectivity index (χ3v) is 6.15. The molecule has 0 saturated carbocycles. The Morgan fingerprint density at radius 3 is 2.13 bits per heavy atom. The van der Waals surface area contributed by atoms with Gasteiger partial charge in [0, 0.05) is 28.4 Å². The number of carbonyl (C=O) groups is 1. The van der Waals surface area contributed by atoms with Gasteiger partial charge < -0.3 is 4.74 Å². The van der Waals surface area contributed by atoms with E-state index in [0.29, 0.717) is 5.82 Å². The Bertz CT molecular complexity index is 1140. The zero-order chi connectivity index (χ0) is 29.6. The zero-order valence-corrected chi connectivity index (χ0v) is 26.9. The second-order valence-electron chi connectivity index (χ2n) is 8.43. The van der Waals surface area contributed by atoms with E-state index in [9.17, 15) is 4.79 Å². The maximum absolute atomic E-state index is 12.7. The first-order chi connectivity index (χ1) is 18.2. The fourth-order valence-corrected chi connectivity index (χ4v) is 4.78. The summed E-state index contributed by atoms with van der Waals surface area (Å²) in [5.74, 6) is 1.11. The summed E-state index contributed by atoms with van der Waals surface area (Å²) in [4.78, 5) is 23.2. The van der Waals surface area contributed by atoms with E-state index in [1.54, 1.807) is 23.7 Å². The lowest BCUT2D eigenvalue weighted by Crippen LogP contribution is -2.25. The molecule has 8 heteroatoms. The van der Waals surface area contributed by atoms with E-state index < -0.39 is 11.6 Å². The molecule has 1 unspecified atom stereocenters. The van der Waals surface area contributed by atoms with E-state index in [0.717, 1.165) is 33.2 Å². The first-order valence-corrected chi connectivity index (χ1v) is 14.7. The third-order valence-electron chi connectivity index (χ3n) is 4.95. The Morgan fingerprint density at radius 2 is 1.61 bits per heavy atom. The van der Waals surface area contributed by atoms with Crippen molar-refractivity contribution in [1.82, 2.24) is 19.7 Å². The number of thiophene rings is 1. The van der Waals surface area contributed by atoms with Gasteiger partial charge in [-0.25, -0.2) is 0 Å². The van der Waals surface area contributed by atoms with E-state index in [1.807, 2.05) is 99.8 Å². The summed E-state index contributed by atoms with van der Waals surface area (Å²) in [5.41, 5.74) is 3.37. The molecule has 7 nitrogen and oxygen atoms in total. The molecule has 0 radical (unpaired) electrons. The molecule has 1 atom stereocenters. The molecule has 3 aromatic heterocycles. The Kier molecular flexibility index (Phi) is 15.6. The molecule has 0 saturated heterocycles. The number of aliphatic imine (C=N–C) groups is 1. The molecule has 0 aliphatic carbocycles. The maximum atomic E-state index is 12.7. The lowest BCUT2D eigenvalue weighted by molar-refractivity contribution is -0.155. The summed E-state index contributed by atoms with van der Waals surface area (Å²) < 4.78 is 7.60. The summed E-state index contributed by atoms with van der Waals surface area (Å²) in [6.07, 6.45) is 3.63. The number of pyridine rings is 1. The third kappa shape index (κ3) is 8.58. The molecule has 4 heterocycles. The highest BCUT2D eigenvalue weighted by molar-refractivity contribution is 7.15. The van der Waals surface area contributed by atoms with Crippen LogP contribution in [0.1, 0.15) is 122 Å². The van der Waals surface area contributed by atoms with E-state index in [4.69, 9.17) is 9.73 Å². The number of hydrogen-bond acceptors (Lipinski definition) is 7. The molecule has 3 aromatic rings. The number of rotatable bonds is 3. The Morgan fingerprint density at radius 1 is 1.00 bits per heavy atom. The van der Waals surface area contributed by atoms with Gasteiger partial charge in [-0.2, -0.15) is 0 Å². The van der Waals surface area contributed by atoms with Gasteiger partial charge in [0.15, 0.2) is 5.82 Å². The lowest BCUT2D eigenvalue weighted by atomic mass is 10.0. The largest absolute Gasteiger partial charge is 0.460 e. The predicted molar refractivity (Wildman–Crippen MR) is 162 cm³/mol. The molecule has 38 heavy (non-hydrogen) atoms. The van der Waals surface area contributed by atoms with Gasteiger partial charge in [-0.3, -0.25) is 19.3 Å². The molecular formula is C30H49N5O2S. The van der Waals surface area contributed by atoms with Crippen molar-refractivity contribution >= 4 is 23.0 Å². The normalized spacial score (nSPS) is 13.1. The maximum Gasteiger partial charge on any atom is 0.308 e. The summed E-state index contributed by atoms with van der Waals surface area (Å²) in [7, 11) is 0. The smallest absolute Gasteiger partial charge is 0.308 e. The highest BCUT2D eigenvalue weighted by atomic mass is 32.1. The van der Waals surface area contributed by atoms with Gasteiger partial charge in [0.05, 0.1) is 12.1 Å². The van der Waals surface area contributed by atoms with Crippen LogP contribution >= 0.6 is 11.3 Å². The van der Waals surface area contributed by atoms with Crippen LogP contribution in [0.3, 0.4) is 0 Å². The molecule has 212 valence electrons. The zero-order valence-electron chi connectivity index (χ0n) is 26.1. The first kappa shape index (κ1) is 35.1. The highest BCUT2D eigenvalue weighted by Crippen LogP contribution is 2.39. The van der Waals surface area contributed by atoms with Crippen molar-refractivity contribution < 1.29 is 9.53 Å². The van der Waals surface area contributed by atoms with E-state index in [2.05, 4.69) is 29.0 Å². The van der Waals surface area contributed by atoms with Crippen molar-refractivity contribution in [2.45, 2.75) is 115 Å². The molecule has 0 N–H and O–H groups in total. The van der Waals surface area contributed by atoms with Crippen LogP contribution in [0.15, 0.2) is 29.5 Å². The summed E-state index contributed by atoms with van der Waals surface area (Å²) in [5, 5.41) is 9.72. The van der Waals surface area contributed by atoms with Gasteiger partial charge in [-0.05, 0) is 59.2 Å². The molecule has 0 bridgehead atoms. The van der Waals surface area contributed by atoms with Gasteiger partial charge in [-0.1, -0.05) is 55.4 Å². The first-order valence-electron chi connectivity index (χ1n) is 13.9. The van der Waals surface area contributed by atoms with E-state index in [1.165, 1.54) is 4.88 Å². The van der Waals surface area contributed by atoms with Gasteiger partial charge in [0.2, 0.25) is 0 Å². The van der Waals surface area contributed by atoms with Crippen LogP contribution in [0.2, 0.25) is 0 Å². The molecule has 0 amide bonds. The minimum absolute atomic E-state index is 0.0894. The molecular weight excluding hydrogens is 494 g/mol. The number of aromatic nitrogens is 4. The highest BCUT2D eigenvalue weighted by Gasteiger charge is 2.33. The number of esters is 1. The molecule has 0 aromatic carbocycles. The van der Waals surface area contributed by atoms with Crippen molar-refractivity contribution in [3.8, 4) is 5.00 Å². The molecule has 0 spiro atoms. The van der Waals surface area contributed by atoms with Crippen molar-refractivity contribution in [2.75, 3.05) is 0 Å². The second-order valence-corrected chi connectivity index (χ2v) is 9.63. The number of carbonyl (C=O) groups excluding carboxylic acids is 1. The van der Waals surface area contributed by atoms with Gasteiger partial charge in [0.1, 0.15) is 22.5 Å². The number of nitrogens with zero attached hydrogens (tertiary/aromatic N) is 5. The van der Waals surface area contributed by atoms with Crippen molar-refractivity contribution in [2.24, 2.45) is 4.99 Å². The molecule has 1 aliphatic rings. The topological polar surface area (TPSA) is 82.3 Å². The number of hydrogen-bond donors (Lipinski definition) is 0. The standard InChI is InChI=1S/C22H25N5O2S.4C2H6/c1-12-13(2)30-21-18(12)19(15-8-7-9-23-11-15)24-16(10-17(28)29-22(4,5)6)20-26-25-14(3)27(20)21;4*1-2/h7-9,11,16H,10H2,1-6H3;4*1-2H3.